The predicted octanol–water partition coefficient (Wildman–Crippen LogP) is 4.87. The van der Waals surface area contributed by atoms with Gasteiger partial charge in [0.25, 0.3) is 0 Å². The number of rotatable bonds is 7. The molecule has 0 bridgehead atoms. The van der Waals surface area contributed by atoms with Crippen LogP contribution in [0.4, 0.5) is 0 Å². The van der Waals surface area contributed by atoms with Gasteiger partial charge < -0.3 is 9.47 Å². The standard InChI is InChI=1S/C23H25NO3/c1-16-4-7-18(8-5-16)15-26-20-11-9-19(10-12-20)23(27-24)21-13-6-17(2)14-22(21)25-3/h4-14,23H,15,24H2,1-3H3. The molecular weight excluding hydrogens is 338 g/mol. The number of hydrogen-bond acceptors (Lipinski definition) is 4. The van der Waals surface area contributed by atoms with Crippen molar-refractivity contribution >= 4 is 0 Å². The summed E-state index contributed by atoms with van der Waals surface area (Å²) < 4.78 is 11.4. The summed E-state index contributed by atoms with van der Waals surface area (Å²) in [6.45, 7) is 4.62. The van der Waals surface area contributed by atoms with Gasteiger partial charge in [-0.25, -0.2) is 5.90 Å². The lowest BCUT2D eigenvalue weighted by molar-refractivity contribution is 0.0794. The molecule has 0 aromatic heterocycles. The van der Waals surface area contributed by atoms with E-state index in [1.54, 1.807) is 7.11 Å². The molecule has 3 aromatic rings. The lowest BCUT2D eigenvalue weighted by Gasteiger charge is -2.19. The van der Waals surface area contributed by atoms with Gasteiger partial charge in [0, 0.05) is 5.56 Å². The molecule has 0 spiro atoms. The number of hydrogen-bond donors (Lipinski definition) is 1. The second-order valence-electron chi connectivity index (χ2n) is 6.60. The average Bonchev–Trinajstić information content (AvgIpc) is 2.70. The molecule has 0 saturated carbocycles. The molecule has 0 aliphatic carbocycles. The minimum absolute atomic E-state index is 0.410. The zero-order chi connectivity index (χ0) is 19.2. The van der Waals surface area contributed by atoms with E-state index in [4.69, 9.17) is 20.2 Å². The van der Waals surface area contributed by atoms with Crippen molar-refractivity contribution in [2.75, 3.05) is 7.11 Å². The predicted molar refractivity (Wildman–Crippen MR) is 107 cm³/mol. The Morgan fingerprint density at radius 2 is 1.52 bits per heavy atom. The van der Waals surface area contributed by atoms with Gasteiger partial charge in [-0.05, 0) is 48.7 Å². The van der Waals surface area contributed by atoms with Gasteiger partial charge in [0.2, 0.25) is 0 Å². The Labute approximate surface area is 160 Å². The van der Waals surface area contributed by atoms with Crippen molar-refractivity contribution < 1.29 is 14.3 Å². The Morgan fingerprint density at radius 3 is 2.15 bits per heavy atom. The molecule has 1 atom stereocenters. The Kier molecular flexibility index (Phi) is 6.12. The van der Waals surface area contributed by atoms with E-state index in [0.29, 0.717) is 6.61 Å². The Morgan fingerprint density at radius 1 is 0.852 bits per heavy atom. The van der Waals surface area contributed by atoms with Crippen molar-refractivity contribution in [3.8, 4) is 11.5 Å². The average molecular weight is 363 g/mol. The molecule has 0 amide bonds. The van der Waals surface area contributed by atoms with Crippen LogP contribution in [0.3, 0.4) is 0 Å². The van der Waals surface area contributed by atoms with Crippen LogP contribution in [0.2, 0.25) is 0 Å². The molecule has 140 valence electrons. The van der Waals surface area contributed by atoms with E-state index in [1.807, 2.05) is 49.4 Å². The summed E-state index contributed by atoms with van der Waals surface area (Å²) in [7, 11) is 1.65. The third-order valence-corrected chi connectivity index (χ3v) is 4.52. The van der Waals surface area contributed by atoms with Gasteiger partial charge >= 0.3 is 0 Å². The van der Waals surface area contributed by atoms with Crippen LogP contribution >= 0.6 is 0 Å². The molecular formula is C23H25NO3. The van der Waals surface area contributed by atoms with Gasteiger partial charge in [-0.2, -0.15) is 0 Å². The second kappa shape index (κ2) is 8.71. The smallest absolute Gasteiger partial charge is 0.132 e. The molecule has 0 fully saturated rings. The van der Waals surface area contributed by atoms with Crippen LogP contribution in [0.25, 0.3) is 0 Å². The van der Waals surface area contributed by atoms with Crippen molar-refractivity contribution in [1.29, 1.82) is 0 Å². The Balaban J connectivity index is 1.74. The molecule has 4 heteroatoms. The highest BCUT2D eigenvalue weighted by molar-refractivity contribution is 5.43. The van der Waals surface area contributed by atoms with Gasteiger partial charge in [0.05, 0.1) is 7.11 Å². The fraction of sp³-hybridized carbons (Fsp3) is 0.217. The lowest BCUT2D eigenvalue weighted by atomic mass is 9.99. The second-order valence-corrected chi connectivity index (χ2v) is 6.60. The summed E-state index contributed by atoms with van der Waals surface area (Å²) in [6.07, 6.45) is -0.410. The maximum atomic E-state index is 5.87. The number of benzene rings is 3. The van der Waals surface area contributed by atoms with Crippen molar-refractivity contribution in [2.24, 2.45) is 5.90 Å². The summed E-state index contributed by atoms with van der Waals surface area (Å²) in [5, 5.41) is 0. The molecule has 3 rings (SSSR count). The molecule has 1 unspecified atom stereocenters. The summed E-state index contributed by atoms with van der Waals surface area (Å²) in [6, 6.07) is 22.1. The fourth-order valence-corrected chi connectivity index (χ4v) is 2.96. The maximum Gasteiger partial charge on any atom is 0.132 e. The largest absolute Gasteiger partial charge is 0.496 e. The summed E-state index contributed by atoms with van der Waals surface area (Å²) in [5.41, 5.74) is 5.31. The van der Waals surface area contributed by atoms with E-state index in [2.05, 4.69) is 31.2 Å². The zero-order valence-electron chi connectivity index (χ0n) is 15.9. The monoisotopic (exact) mass is 363 g/mol. The van der Waals surface area contributed by atoms with Crippen LogP contribution in [0.1, 0.15) is 33.9 Å². The van der Waals surface area contributed by atoms with Crippen LogP contribution in [0, 0.1) is 13.8 Å². The molecule has 4 nitrogen and oxygen atoms in total. The SMILES string of the molecule is COc1cc(C)ccc1C(ON)c1ccc(OCc2ccc(C)cc2)cc1. The van der Waals surface area contributed by atoms with E-state index in [0.717, 1.165) is 33.8 Å². The van der Waals surface area contributed by atoms with Gasteiger partial charge in [-0.1, -0.05) is 54.1 Å². The first-order chi connectivity index (χ1) is 13.1. The highest BCUT2D eigenvalue weighted by Gasteiger charge is 2.18. The maximum absolute atomic E-state index is 5.87. The number of methoxy groups -OCH3 is 1. The van der Waals surface area contributed by atoms with Crippen molar-refractivity contribution in [3.63, 3.8) is 0 Å². The fourth-order valence-electron chi connectivity index (χ4n) is 2.96. The molecule has 0 saturated heterocycles. The highest BCUT2D eigenvalue weighted by atomic mass is 16.6. The molecule has 3 aromatic carbocycles. The normalized spacial score (nSPS) is 11.9. The van der Waals surface area contributed by atoms with E-state index in [1.165, 1.54) is 5.56 Å². The Bertz CT molecular complexity index is 873. The summed E-state index contributed by atoms with van der Waals surface area (Å²) in [5.74, 6) is 7.15. The van der Waals surface area contributed by atoms with Crippen LogP contribution in [-0.4, -0.2) is 7.11 Å². The summed E-state index contributed by atoms with van der Waals surface area (Å²) >= 11 is 0. The van der Waals surface area contributed by atoms with Crippen LogP contribution in [0.15, 0.2) is 66.7 Å². The van der Waals surface area contributed by atoms with Crippen molar-refractivity contribution in [1.82, 2.24) is 0 Å². The quantitative estimate of drug-likeness (QED) is 0.609. The van der Waals surface area contributed by atoms with Crippen molar-refractivity contribution in [2.45, 2.75) is 26.6 Å². The van der Waals surface area contributed by atoms with Crippen molar-refractivity contribution in [3.05, 3.63) is 94.5 Å². The number of nitrogens with two attached hydrogens (primary N) is 1. The van der Waals surface area contributed by atoms with Gasteiger partial charge in [-0.3, -0.25) is 4.84 Å². The first-order valence-corrected chi connectivity index (χ1v) is 8.89. The lowest BCUT2D eigenvalue weighted by Crippen LogP contribution is -2.12. The number of ether oxygens (including phenoxy) is 2. The first kappa shape index (κ1) is 19.0. The first-order valence-electron chi connectivity index (χ1n) is 8.89. The minimum atomic E-state index is -0.410. The molecule has 0 heterocycles. The van der Waals surface area contributed by atoms with Crippen LogP contribution < -0.4 is 15.4 Å². The molecule has 0 aliphatic heterocycles. The van der Waals surface area contributed by atoms with Gasteiger partial charge in [0.15, 0.2) is 0 Å². The molecule has 0 radical (unpaired) electrons. The molecule has 2 N–H and O–H groups in total. The third kappa shape index (κ3) is 4.67. The van der Waals surface area contributed by atoms with E-state index in [9.17, 15) is 0 Å². The van der Waals surface area contributed by atoms with Gasteiger partial charge in [0.1, 0.15) is 24.2 Å². The van der Waals surface area contributed by atoms with Gasteiger partial charge in [-0.15, -0.1) is 0 Å². The Hall–Kier alpha value is -2.82. The zero-order valence-corrected chi connectivity index (χ0v) is 15.9. The molecule has 0 aliphatic rings. The molecule has 27 heavy (non-hydrogen) atoms. The summed E-state index contributed by atoms with van der Waals surface area (Å²) in [4.78, 5) is 5.26. The third-order valence-electron chi connectivity index (χ3n) is 4.52. The van der Waals surface area contributed by atoms with E-state index in [-0.39, 0.29) is 0 Å². The minimum Gasteiger partial charge on any atom is -0.496 e. The van der Waals surface area contributed by atoms with Crippen LogP contribution in [-0.2, 0) is 11.4 Å². The van der Waals surface area contributed by atoms with Crippen LogP contribution in [0.5, 0.6) is 11.5 Å². The van der Waals surface area contributed by atoms with E-state index < -0.39 is 6.10 Å². The topological polar surface area (TPSA) is 53.7 Å². The number of aryl methyl sites for hydroxylation is 2. The van der Waals surface area contributed by atoms with E-state index >= 15 is 0 Å². The highest BCUT2D eigenvalue weighted by Crippen LogP contribution is 2.33.